The van der Waals surface area contributed by atoms with Crippen molar-refractivity contribution in [2.24, 2.45) is 0 Å². The number of carbonyl (C=O) groups excluding carboxylic acids is 1. The molecule has 2 aliphatic rings. The summed E-state index contributed by atoms with van der Waals surface area (Å²) in [5, 5.41) is 10.7. The largest absolute Gasteiger partial charge is 1.00 e. The van der Waals surface area contributed by atoms with Crippen LogP contribution in [0.2, 0.25) is 0 Å². The van der Waals surface area contributed by atoms with E-state index in [1.807, 2.05) is 7.05 Å². The second-order valence-electron chi connectivity index (χ2n) is 3.49. The van der Waals surface area contributed by atoms with Gasteiger partial charge in [0.2, 0.25) is 0 Å². The summed E-state index contributed by atoms with van der Waals surface area (Å²) < 4.78 is 0. The van der Waals surface area contributed by atoms with Crippen molar-refractivity contribution in [1.29, 1.82) is 0 Å². The van der Waals surface area contributed by atoms with Crippen molar-refractivity contribution in [2.75, 3.05) is 7.05 Å². The van der Waals surface area contributed by atoms with Crippen LogP contribution in [0.3, 0.4) is 0 Å². The van der Waals surface area contributed by atoms with Gasteiger partial charge < -0.3 is 14.8 Å². The number of aliphatic carboxylic acids is 1. The summed E-state index contributed by atoms with van der Waals surface area (Å²) in [5.74, 6) is -1.05. The Labute approximate surface area is 190 Å². The summed E-state index contributed by atoms with van der Waals surface area (Å²) in [7, 11) is 1.98. The maximum atomic E-state index is 10.7. The van der Waals surface area contributed by atoms with E-state index in [-0.39, 0.29) is 130 Å². The van der Waals surface area contributed by atoms with Crippen molar-refractivity contribution in [3.05, 3.63) is 11.6 Å². The predicted molar refractivity (Wildman–Crippen MR) is 41.0 cm³/mol. The molecule has 74 valence electrons. The Morgan fingerprint density at radius 1 is 1.53 bits per heavy atom. The third-order valence-electron chi connectivity index (χ3n) is 2.92. The molecule has 0 aromatic rings. The van der Waals surface area contributed by atoms with Gasteiger partial charge in [0.25, 0.3) is 0 Å². The van der Waals surface area contributed by atoms with E-state index in [1.165, 1.54) is 0 Å². The molecule has 1 saturated heterocycles. The molecule has 2 heterocycles. The third kappa shape index (κ3) is 4.62. The predicted octanol–water partition coefficient (Wildman–Crippen LogP) is -3.67. The number of carboxylic acids is 1. The maximum absolute atomic E-state index is 10.7. The molecule has 2 bridgehead atoms. The van der Waals surface area contributed by atoms with Crippen LogP contribution in [0.4, 0.5) is 0 Å². The van der Waals surface area contributed by atoms with Gasteiger partial charge in [0.15, 0.2) is 0 Å². The molecule has 0 aliphatic carbocycles. The molecule has 6 heteroatoms. The topological polar surface area (TPSA) is 43.4 Å². The molecule has 3 nitrogen and oxygen atoms in total. The second kappa shape index (κ2) is 9.10. The number of hydrogen-bond donors (Lipinski definition) is 0. The molecule has 2 unspecified atom stereocenters. The number of rotatable bonds is 1. The Kier molecular flexibility index (Phi) is 12.4. The van der Waals surface area contributed by atoms with Crippen LogP contribution in [0, 0.1) is 51.1 Å². The molecule has 1 fully saturated rings. The van der Waals surface area contributed by atoms with Gasteiger partial charge in [0, 0.05) is 72.1 Å². The molecule has 2 radical (unpaired) electrons. The average molecular weight is 660 g/mol. The fourth-order valence-electron chi connectivity index (χ4n) is 2.16. The summed E-state index contributed by atoms with van der Waals surface area (Å²) in [6.45, 7) is 0. The summed E-state index contributed by atoms with van der Waals surface area (Å²) in [6.07, 6.45) is 5.70. The molecular weight excluding hydrogens is 649 g/mol. The molecule has 0 saturated carbocycles. The first-order chi connectivity index (χ1) is 5.70. The SMILES string of the molecule is CN1C2C[C-]=C(C(=O)[O-])C1CC2.[Ra].[Rb+].[W]. The number of likely N-dealkylation sites (N-methyl/N-ethyl adjacent to an activating group) is 1. The monoisotopic (exact) mass is 660 g/mol. The summed E-state index contributed by atoms with van der Waals surface area (Å²) in [4.78, 5) is 12.8. The quantitative estimate of drug-likeness (QED) is 0.273. The van der Waals surface area contributed by atoms with Gasteiger partial charge in [-0.2, -0.15) is 5.57 Å². The zero-order chi connectivity index (χ0) is 8.72. The smallest absolute Gasteiger partial charge is 0.658 e. The van der Waals surface area contributed by atoms with Crippen molar-refractivity contribution in [2.45, 2.75) is 31.3 Å². The molecule has 0 N–H and O–H groups in total. The minimum absolute atomic E-state index is 0. The van der Waals surface area contributed by atoms with Gasteiger partial charge in [-0.1, -0.05) is 6.42 Å². The van der Waals surface area contributed by atoms with E-state index in [9.17, 15) is 9.90 Å². The van der Waals surface area contributed by atoms with Crippen LogP contribution in [0.25, 0.3) is 0 Å². The number of nitrogens with zero attached hydrogens (tertiary/aromatic N) is 1. The van der Waals surface area contributed by atoms with E-state index >= 15 is 0 Å². The van der Waals surface area contributed by atoms with E-state index in [2.05, 4.69) is 11.0 Å². The van der Waals surface area contributed by atoms with E-state index in [1.54, 1.807) is 0 Å². The van der Waals surface area contributed by atoms with Crippen LogP contribution in [-0.4, -0.2) is 30.0 Å². The van der Waals surface area contributed by atoms with Crippen LogP contribution < -0.4 is 63.3 Å². The van der Waals surface area contributed by atoms with Crippen LogP contribution in [0.5, 0.6) is 0 Å². The zero-order valence-corrected chi connectivity index (χ0v) is 22.8. The number of fused-ring (bicyclic) bond motifs is 2. The molecule has 0 amide bonds. The van der Waals surface area contributed by atoms with Gasteiger partial charge in [0.1, 0.15) is 0 Å². The van der Waals surface area contributed by atoms with Gasteiger partial charge in [-0.05, 0) is 25.9 Å². The van der Waals surface area contributed by atoms with Crippen LogP contribution in [0.15, 0.2) is 5.57 Å². The van der Waals surface area contributed by atoms with Crippen molar-refractivity contribution in [1.82, 2.24) is 4.90 Å². The van der Waals surface area contributed by atoms with Crippen molar-refractivity contribution < 1.29 is 134 Å². The third-order valence-corrected chi connectivity index (χ3v) is 2.92. The Bertz CT molecular complexity index is 262. The van der Waals surface area contributed by atoms with Gasteiger partial charge >= 0.3 is 58.2 Å². The van der Waals surface area contributed by atoms with Gasteiger partial charge in [-0.3, -0.25) is 6.08 Å². The van der Waals surface area contributed by atoms with E-state index in [0.29, 0.717) is 11.6 Å². The van der Waals surface area contributed by atoms with Crippen molar-refractivity contribution in [3.63, 3.8) is 0 Å². The van der Waals surface area contributed by atoms with Crippen LogP contribution in [0.1, 0.15) is 19.3 Å². The number of carboxylic acid groups (broad SMARTS) is 1. The Hall–Kier alpha value is 3.13. The first-order valence-corrected chi connectivity index (χ1v) is 4.24. The Morgan fingerprint density at radius 3 is 2.67 bits per heavy atom. The normalized spacial score (nSPS) is 27.9. The molecule has 0 aromatic carbocycles. The Balaban J connectivity index is 0. The summed E-state index contributed by atoms with van der Waals surface area (Å²) >= 11 is 0. The molecule has 0 aromatic heterocycles. The first-order valence-electron chi connectivity index (χ1n) is 4.24. The van der Waals surface area contributed by atoms with E-state index in [0.717, 1.165) is 19.3 Å². The average Bonchev–Trinajstić information content (AvgIpc) is 2.32. The van der Waals surface area contributed by atoms with E-state index in [4.69, 9.17) is 0 Å². The summed E-state index contributed by atoms with van der Waals surface area (Å²) in [6, 6.07) is 0.576. The van der Waals surface area contributed by atoms with Gasteiger partial charge in [-0.15, -0.1) is 5.97 Å². The molecule has 0 spiro atoms. The first kappa shape index (κ1) is 20.4. The maximum Gasteiger partial charge on any atom is 1.00 e. The number of carbonyl (C=O) groups is 1. The summed E-state index contributed by atoms with van der Waals surface area (Å²) in [5.41, 5.74) is 0.367. The Morgan fingerprint density at radius 2 is 2.13 bits per heavy atom. The fraction of sp³-hybridized carbons (Fsp3) is 0.667. The fourth-order valence-corrected chi connectivity index (χ4v) is 2.16. The number of hydrogen-bond acceptors (Lipinski definition) is 3. The van der Waals surface area contributed by atoms with E-state index < -0.39 is 5.97 Å². The second-order valence-corrected chi connectivity index (χ2v) is 3.49. The van der Waals surface area contributed by atoms with Gasteiger partial charge in [0.05, 0.1) is 0 Å². The van der Waals surface area contributed by atoms with Crippen LogP contribution >= 0.6 is 0 Å². The molecule has 2 rings (SSSR count). The molecule has 15 heavy (non-hydrogen) atoms. The van der Waals surface area contributed by atoms with Crippen LogP contribution in [-0.2, 0) is 25.9 Å². The minimum Gasteiger partial charge on any atom is -0.658 e. The molecule has 2 atom stereocenters. The van der Waals surface area contributed by atoms with Crippen molar-refractivity contribution in [3.8, 4) is 0 Å². The molecule has 2 aliphatic heterocycles. The zero-order valence-electron chi connectivity index (χ0n) is 9.16. The molecular formula is C9H11NO2RaRbW-. The van der Waals surface area contributed by atoms with Gasteiger partial charge in [-0.25, -0.2) is 0 Å². The standard InChI is InChI=1S/C9H12NO2.Ra.Rb.W/c1-10-6-2-4-7(9(11)12)8(10)5-3-6;;;/h6,8H,2-3,5H2,1H3,(H,11,12);;;/q-1;;+1;/p-1. The minimum atomic E-state index is -1.05. The van der Waals surface area contributed by atoms with Crippen molar-refractivity contribution >= 4 is 5.97 Å².